The van der Waals surface area contributed by atoms with Crippen molar-refractivity contribution in [1.82, 2.24) is 15.0 Å². The highest BCUT2D eigenvalue weighted by Crippen LogP contribution is 2.38. The minimum Gasteiger partial charge on any atom is -0.486 e. The van der Waals surface area contributed by atoms with E-state index in [1.807, 2.05) is 12.1 Å². The van der Waals surface area contributed by atoms with Crippen LogP contribution in [0.5, 0.6) is 5.75 Å². The number of hydrogen-bond donors (Lipinski definition) is 0. The molecule has 0 radical (unpaired) electrons. The zero-order chi connectivity index (χ0) is 28.5. The molecule has 2 heterocycles. The summed E-state index contributed by atoms with van der Waals surface area (Å²) in [5.74, 6) is 0.293. The van der Waals surface area contributed by atoms with Crippen molar-refractivity contribution in [2.24, 2.45) is 0 Å². The summed E-state index contributed by atoms with van der Waals surface area (Å²) in [5, 5.41) is 9.83. The van der Waals surface area contributed by atoms with Gasteiger partial charge in [0, 0.05) is 16.1 Å². The molecular formula is C32H21Cl2N3O4. The predicted molar refractivity (Wildman–Crippen MR) is 156 cm³/mol. The molecule has 6 aromatic rings. The highest BCUT2D eigenvalue weighted by Gasteiger charge is 2.26. The molecule has 0 amide bonds. The van der Waals surface area contributed by atoms with Gasteiger partial charge in [0.15, 0.2) is 11.6 Å². The second-order valence-electron chi connectivity index (χ2n) is 9.33. The van der Waals surface area contributed by atoms with Crippen molar-refractivity contribution in [3.63, 3.8) is 0 Å². The zero-order valence-electron chi connectivity index (χ0n) is 21.7. The number of furan rings is 1. The Balaban J connectivity index is 1.44. The number of fused-ring (bicyclic) bond motifs is 1. The van der Waals surface area contributed by atoms with Crippen molar-refractivity contribution >= 4 is 45.7 Å². The van der Waals surface area contributed by atoms with Gasteiger partial charge in [0.25, 0.3) is 0 Å². The number of aromatic nitrogens is 3. The van der Waals surface area contributed by atoms with Crippen LogP contribution in [0, 0.1) is 6.92 Å². The third kappa shape index (κ3) is 5.25. The molecule has 0 saturated heterocycles. The Bertz CT molecular complexity index is 1910. The molecule has 7 nitrogen and oxygen atoms in total. The summed E-state index contributed by atoms with van der Waals surface area (Å²) in [6.45, 7) is 1.76. The van der Waals surface area contributed by atoms with Crippen LogP contribution in [0.4, 0.5) is 0 Å². The molecule has 9 heteroatoms. The Morgan fingerprint density at radius 3 is 2.20 bits per heavy atom. The topological polar surface area (TPSA) is 87.2 Å². The molecule has 6 rings (SSSR count). The van der Waals surface area contributed by atoms with Crippen LogP contribution in [0.3, 0.4) is 0 Å². The molecule has 0 fully saturated rings. The first-order valence-electron chi connectivity index (χ1n) is 12.6. The first-order chi connectivity index (χ1) is 19.9. The predicted octanol–water partition coefficient (Wildman–Crippen LogP) is 7.67. The molecule has 2 aromatic heterocycles. The van der Waals surface area contributed by atoms with E-state index < -0.39 is 0 Å². The second-order valence-corrected chi connectivity index (χ2v) is 10.2. The summed E-state index contributed by atoms with van der Waals surface area (Å²) in [6.07, 6.45) is 1.67. The lowest BCUT2D eigenvalue weighted by molar-refractivity contribution is 0.103. The number of carbonyl (C=O) groups is 2. The fourth-order valence-corrected chi connectivity index (χ4v) is 4.95. The number of ether oxygens (including phenoxy) is 1. The van der Waals surface area contributed by atoms with Crippen molar-refractivity contribution in [3.05, 3.63) is 141 Å². The van der Waals surface area contributed by atoms with E-state index in [2.05, 4.69) is 10.3 Å². The maximum atomic E-state index is 13.8. The van der Waals surface area contributed by atoms with Crippen LogP contribution in [-0.4, -0.2) is 26.6 Å². The van der Waals surface area contributed by atoms with E-state index in [-0.39, 0.29) is 35.0 Å². The van der Waals surface area contributed by atoms with Gasteiger partial charge in [-0.2, -0.15) is 0 Å². The van der Waals surface area contributed by atoms with Crippen LogP contribution in [-0.2, 0) is 6.61 Å². The Morgan fingerprint density at radius 2 is 1.51 bits per heavy atom. The Hall–Kier alpha value is -4.72. The average Bonchev–Trinajstić information content (AvgIpc) is 3.63. The van der Waals surface area contributed by atoms with Gasteiger partial charge in [-0.05, 0) is 37.3 Å². The molecule has 0 spiro atoms. The Morgan fingerprint density at radius 1 is 0.854 bits per heavy atom. The van der Waals surface area contributed by atoms with Gasteiger partial charge in [-0.15, -0.1) is 5.10 Å². The van der Waals surface area contributed by atoms with Crippen molar-refractivity contribution in [2.75, 3.05) is 0 Å². The number of halogens is 2. The van der Waals surface area contributed by atoms with Crippen LogP contribution >= 0.6 is 23.2 Å². The second kappa shape index (κ2) is 11.0. The number of ketones is 2. The van der Waals surface area contributed by atoms with Gasteiger partial charge in [-0.1, -0.05) is 89.1 Å². The van der Waals surface area contributed by atoms with Crippen LogP contribution in [0.25, 0.3) is 16.7 Å². The average molecular weight is 582 g/mol. The molecule has 0 bridgehead atoms. The van der Waals surface area contributed by atoms with Gasteiger partial charge >= 0.3 is 0 Å². The number of benzene rings is 4. The van der Waals surface area contributed by atoms with E-state index in [0.717, 1.165) is 0 Å². The van der Waals surface area contributed by atoms with Crippen LogP contribution in [0.1, 0.15) is 43.3 Å². The minimum absolute atomic E-state index is 0.0153. The number of hydrogen-bond acceptors (Lipinski definition) is 6. The fraction of sp³-hybridized carbons (Fsp3) is 0.0625. The molecule has 41 heavy (non-hydrogen) atoms. The Kier molecular flexibility index (Phi) is 7.14. The van der Waals surface area contributed by atoms with Crippen LogP contribution in [0.2, 0.25) is 10.0 Å². The van der Waals surface area contributed by atoms with Crippen molar-refractivity contribution < 1.29 is 18.7 Å². The lowest BCUT2D eigenvalue weighted by Gasteiger charge is -2.14. The molecule has 0 unspecified atom stereocenters. The van der Waals surface area contributed by atoms with Crippen molar-refractivity contribution in [3.8, 4) is 11.4 Å². The first kappa shape index (κ1) is 26.5. The van der Waals surface area contributed by atoms with E-state index in [1.54, 1.807) is 92.0 Å². The smallest absolute Gasteiger partial charge is 0.196 e. The first-order valence-corrected chi connectivity index (χ1v) is 13.4. The number of nitrogens with zero attached hydrogens (tertiary/aromatic N) is 3. The molecule has 202 valence electrons. The third-order valence-electron chi connectivity index (χ3n) is 6.50. The van der Waals surface area contributed by atoms with E-state index in [1.165, 1.54) is 4.68 Å². The number of aryl methyl sites for hydroxylation is 1. The van der Waals surface area contributed by atoms with Gasteiger partial charge < -0.3 is 9.15 Å². The highest BCUT2D eigenvalue weighted by atomic mass is 35.5. The largest absolute Gasteiger partial charge is 0.486 e. The molecular weight excluding hydrogens is 561 g/mol. The highest BCUT2D eigenvalue weighted by molar-refractivity contribution is 6.34. The molecule has 0 aliphatic rings. The lowest BCUT2D eigenvalue weighted by atomic mass is 9.94. The van der Waals surface area contributed by atoms with Gasteiger partial charge in [-0.3, -0.25) is 9.59 Å². The van der Waals surface area contributed by atoms with Gasteiger partial charge in [0.2, 0.25) is 0 Å². The summed E-state index contributed by atoms with van der Waals surface area (Å²) in [4.78, 5) is 27.4. The number of rotatable bonds is 8. The summed E-state index contributed by atoms with van der Waals surface area (Å²) >= 11 is 12.5. The van der Waals surface area contributed by atoms with Crippen molar-refractivity contribution in [1.29, 1.82) is 0 Å². The lowest BCUT2D eigenvalue weighted by Crippen LogP contribution is -2.10. The molecule has 0 N–H and O–H groups in total. The molecule has 0 aliphatic heterocycles. The maximum absolute atomic E-state index is 13.8. The van der Waals surface area contributed by atoms with E-state index in [0.29, 0.717) is 49.3 Å². The number of carbonyl (C=O) groups excluding carboxylic acids is 2. The molecule has 4 aromatic carbocycles. The minimum atomic E-state index is -0.294. The standard InChI is InChI=1S/C32H21Cl2N3O4/c1-19-14-26-31(40-18-23-17-37(36-35-23)28-15-22(33)12-13-27(28)34)24(29(38)20-8-4-2-5-9-20)16-25(32(26)41-19)30(39)21-10-6-3-7-11-21/h2-17H,18H2,1H3. The van der Waals surface area contributed by atoms with Gasteiger partial charge in [0.05, 0.1) is 33.4 Å². The van der Waals surface area contributed by atoms with Crippen LogP contribution < -0.4 is 4.74 Å². The molecule has 0 atom stereocenters. The van der Waals surface area contributed by atoms with E-state index in [4.69, 9.17) is 32.4 Å². The maximum Gasteiger partial charge on any atom is 0.196 e. The van der Waals surface area contributed by atoms with E-state index >= 15 is 0 Å². The Labute approximate surface area is 244 Å². The fourth-order valence-electron chi connectivity index (χ4n) is 4.58. The SMILES string of the molecule is Cc1cc2c(OCc3cn(-c4cc(Cl)ccc4Cl)nn3)c(C(=O)c3ccccc3)cc(C(=O)c3ccccc3)c2o1. The summed E-state index contributed by atoms with van der Waals surface area (Å²) < 4.78 is 13.8. The summed E-state index contributed by atoms with van der Waals surface area (Å²) in [6, 6.07) is 26.0. The van der Waals surface area contributed by atoms with Gasteiger partial charge in [-0.25, -0.2) is 4.68 Å². The molecule has 0 saturated carbocycles. The quantitative estimate of drug-likeness (QED) is 0.171. The summed E-state index contributed by atoms with van der Waals surface area (Å²) in [7, 11) is 0. The molecule has 0 aliphatic carbocycles. The monoisotopic (exact) mass is 581 g/mol. The zero-order valence-corrected chi connectivity index (χ0v) is 23.2. The third-order valence-corrected chi connectivity index (χ3v) is 7.05. The van der Waals surface area contributed by atoms with E-state index in [9.17, 15) is 9.59 Å². The van der Waals surface area contributed by atoms with Crippen LogP contribution in [0.15, 0.2) is 102 Å². The normalized spacial score (nSPS) is 11.1. The van der Waals surface area contributed by atoms with Gasteiger partial charge in [0.1, 0.15) is 29.4 Å². The van der Waals surface area contributed by atoms with Crippen molar-refractivity contribution in [2.45, 2.75) is 13.5 Å². The summed E-state index contributed by atoms with van der Waals surface area (Å²) in [5.41, 5.74) is 2.82.